The Labute approximate surface area is 117 Å². The fraction of sp³-hybridized carbons (Fsp3) is 0.500. The Morgan fingerprint density at radius 2 is 1.30 bits per heavy atom. The summed E-state index contributed by atoms with van der Waals surface area (Å²) in [6.07, 6.45) is 0. The van der Waals surface area contributed by atoms with Gasteiger partial charge in [-0.15, -0.1) is 0 Å². The van der Waals surface area contributed by atoms with Crippen LogP contribution >= 0.6 is 0 Å². The molecule has 0 amide bonds. The quantitative estimate of drug-likeness (QED) is 0.464. The van der Waals surface area contributed by atoms with Gasteiger partial charge in [0.15, 0.2) is 0 Å². The number of rotatable bonds is 6. The Balaban J connectivity index is 3.63. The minimum absolute atomic E-state index is 0.307. The Hall–Kier alpha value is -2.24. The molecule has 0 aliphatic heterocycles. The van der Waals surface area contributed by atoms with Gasteiger partial charge in [-0.05, 0) is 33.3 Å². The molecule has 8 heteroatoms. The minimum Gasteiger partial charge on any atom is -0.326 e. The van der Waals surface area contributed by atoms with Crippen LogP contribution in [0.15, 0.2) is 22.4 Å². The second-order valence-corrected chi connectivity index (χ2v) is 4.38. The van der Waals surface area contributed by atoms with Gasteiger partial charge in [0.25, 0.3) is 0 Å². The number of azide groups is 2. The van der Waals surface area contributed by atoms with Crippen molar-refractivity contribution in [3.8, 4) is 0 Å². The van der Waals surface area contributed by atoms with E-state index in [4.69, 9.17) is 22.5 Å². The van der Waals surface area contributed by atoms with Gasteiger partial charge in [-0.1, -0.05) is 36.2 Å². The number of hydrogen-bond acceptors (Lipinski definition) is 4. The van der Waals surface area contributed by atoms with Crippen LogP contribution in [0.3, 0.4) is 0 Å². The SMILES string of the molecule is CC(N=[N+]=[N-])c1c(CN)ccc(CN)c1C(C)N=[N+]=[N-]. The van der Waals surface area contributed by atoms with Crippen LogP contribution in [-0.2, 0) is 13.1 Å². The summed E-state index contributed by atoms with van der Waals surface area (Å²) in [6.45, 7) is 4.17. The second kappa shape index (κ2) is 7.37. The van der Waals surface area contributed by atoms with E-state index in [1.807, 2.05) is 12.1 Å². The van der Waals surface area contributed by atoms with Crippen molar-refractivity contribution in [2.45, 2.75) is 39.0 Å². The van der Waals surface area contributed by atoms with E-state index in [2.05, 4.69) is 20.1 Å². The molecule has 20 heavy (non-hydrogen) atoms. The van der Waals surface area contributed by atoms with Gasteiger partial charge in [-0.2, -0.15) is 0 Å². The molecule has 0 saturated heterocycles. The normalized spacial score (nSPS) is 13.0. The van der Waals surface area contributed by atoms with Crippen LogP contribution in [0, 0.1) is 0 Å². The summed E-state index contributed by atoms with van der Waals surface area (Å²) < 4.78 is 0. The summed E-state index contributed by atoms with van der Waals surface area (Å²) in [7, 11) is 0. The van der Waals surface area contributed by atoms with E-state index < -0.39 is 12.1 Å². The summed E-state index contributed by atoms with van der Waals surface area (Å²) in [5, 5.41) is 7.46. The van der Waals surface area contributed by atoms with Gasteiger partial charge in [0.1, 0.15) is 0 Å². The monoisotopic (exact) mass is 274 g/mol. The fourth-order valence-corrected chi connectivity index (χ4v) is 2.34. The number of nitrogens with two attached hydrogens (primary N) is 2. The summed E-state index contributed by atoms with van der Waals surface area (Å²) in [6, 6.07) is 2.92. The van der Waals surface area contributed by atoms with Crippen molar-refractivity contribution in [1.82, 2.24) is 0 Å². The lowest BCUT2D eigenvalue weighted by atomic mass is 9.88. The van der Waals surface area contributed by atoms with E-state index in [1.165, 1.54) is 0 Å². The Morgan fingerprint density at radius 1 is 0.950 bits per heavy atom. The van der Waals surface area contributed by atoms with Crippen molar-refractivity contribution in [3.63, 3.8) is 0 Å². The average molecular weight is 274 g/mol. The number of benzene rings is 1. The Bertz CT molecular complexity index is 518. The van der Waals surface area contributed by atoms with Crippen LogP contribution in [0.1, 0.15) is 48.2 Å². The Kier molecular flexibility index (Phi) is 5.83. The maximum absolute atomic E-state index is 8.64. The largest absolute Gasteiger partial charge is 0.326 e. The summed E-state index contributed by atoms with van der Waals surface area (Å²) in [4.78, 5) is 5.68. The molecule has 0 radical (unpaired) electrons. The average Bonchev–Trinajstić information content (AvgIpc) is 2.45. The van der Waals surface area contributed by atoms with Crippen LogP contribution in [0.2, 0.25) is 0 Å². The van der Waals surface area contributed by atoms with Crippen molar-refractivity contribution in [3.05, 3.63) is 55.3 Å². The first-order valence-corrected chi connectivity index (χ1v) is 6.23. The first-order chi connectivity index (χ1) is 9.60. The van der Waals surface area contributed by atoms with Gasteiger partial charge < -0.3 is 11.5 Å². The third-order valence-electron chi connectivity index (χ3n) is 3.19. The molecule has 4 N–H and O–H groups in total. The smallest absolute Gasteiger partial charge is 0.0603 e. The molecule has 0 aromatic heterocycles. The molecule has 0 heterocycles. The van der Waals surface area contributed by atoms with Crippen molar-refractivity contribution >= 4 is 0 Å². The summed E-state index contributed by atoms with van der Waals surface area (Å²) in [5.41, 5.74) is 32.1. The van der Waals surface area contributed by atoms with Crippen molar-refractivity contribution in [2.75, 3.05) is 0 Å². The molecular weight excluding hydrogens is 256 g/mol. The lowest BCUT2D eigenvalue weighted by molar-refractivity contribution is 0.715. The van der Waals surface area contributed by atoms with Gasteiger partial charge in [0.2, 0.25) is 0 Å². The molecule has 8 nitrogen and oxygen atoms in total. The zero-order valence-electron chi connectivity index (χ0n) is 11.6. The standard InChI is InChI=1S/C12H18N8/c1-7(17-19-15)11-9(5-13)3-4-10(6-14)12(11)8(2)18-20-16/h3-4,7-8H,5-6,13-14H2,1-2H3. The van der Waals surface area contributed by atoms with Gasteiger partial charge in [0.05, 0.1) is 12.1 Å². The highest BCUT2D eigenvalue weighted by atomic mass is 15.2. The molecule has 0 aliphatic rings. The van der Waals surface area contributed by atoms with E-state index in [1.54, 1.807) is 13.8 Å². The molecule has 0 saturated carbocycles. The van der Waals surface area contributed by atoms with Crippen LogP contribution < -0.4 is 11.5 Å². The van der Waals surface area contributed by atoms with E-state index in [0.29, 0.717) is 13.1 Å². The van der Waals surface area contributed by atoms with Crippen molar-refractivity contribution < 1.29 is 0 Å². The first kappa shape index (κ1) is 15.8. The van der Waals surface area contributed by atoms with Gasteiger partial charge in [0, 0.05) is 22.9 Å². The molecular formula is C12H18N8. The van der Waals surface area contributed by atoms with Crippen molar-refractivity contribution in [1.29, 1.82) is 0 Å². The molecule has 0 spiro atoms. The van der Waals surface area contributed by atoms with Crippen molar-refractivity contribution in [2.24, 2.45) is 21.7 Å². The molecule has 0 aliphatic carbocycles. The van der Waals surface area contributed by atoms with Gasteiger partial charge in [-0.3, -0.25) is 0 Å². The zero-order chi connectivity index (χ0) is 15.1. The topological polar surface area (TPSA) is 150 Å². The van der Waals surface area contributed by atoms with Crippen LogP contribution in [0.25, 0.3) is 20.9 Å². The Morgan fingerprint density at radius 3 is 1.55 bits per heavy atom. The highest BCUT2D eigenvalue weighted by molar-refractivity contribution is 5.45. The summed E-state index contributed by atoms with van der Waals surface area (Å²) >= 11 is 0. The predicted molar refractivity (Wildman–Crippen MR) is 77.3 cm³/mol. The van der Waals surface area contributed by atoms with E-state index in [-0.39, 0.29) is 0 Å². The first-order valence-electron chi connectivity index (χ1n) is 6.23. The third kappa shape index (κ3) is 3.20. The lowest BCUT2D eigenvalue weighted by Gasteiger charge is -2.22. The second-order valence-electron chi connectivity index (χ2n) is 4.38. The molecule has 1 aromatic rings. The number of nitrogens with zero attached hydrogens (tertiary/aromatic N) is 6. The maximum atomic E-state index is 8.64. The molecule has 0 bridgehead atoms. The molecule has 0 fully saturated rings. The van der Waals surface area contributed by atoms with E-state index in [9.17, 15) is 0 Å². The summed E-state index contributed by atoms with van der Waals surface area (Å²) in [5.74, 6) is 0. The highest BCUT2D eigenvalue weighted by Crippen LogP contribution is 2.34. The minimum atomic E-state index is -0.406. The van der Waals surface area contributed by atoms with Crippen LogP contribution in [0.4, 0.5) is 0 Å². The lowest BCUT2D eigenvalue weighted by Crippen LogP contribution is -2.13. The zero-order valence-corrected chi connectivity index (χ0v) is 11.6. The molecule has 1 aromatic carbocycles. The van der Waals surface area contributed by atoms with Crippen LogP contribution in [0.5, 0.6) is 0 Å². The molecule has 2 atom stereocenters. The number of hydrogen-bond donors (Lipinski definition) is 2. The van der Waals surface area contributed by atoms with Gasteiger partial charge in [-0.25, -0.2) is 0 Å². The highest BCUT2D eigenvalue weighted by Gasteiger charge is 2.20. The third-order valence-corrected chi connectivity index (χ3v) is 3.19. The maximum Gasteiger partial charge on any atom is 0.0603 e. The molecule has 2 unspecified atom stereocenters. The fourth-order valence-electron chi connectivity index (χ4n) is 2.34. The predicted octanol–water partition coefficient (Wildman–Crippen LogP) is 3.35. The molecule has 106 valence electrons. The van der Waals surface area contributed by atoms with Gasteiger partial charge >= 0.3 is 0 Å². The van der Waals surface area contributed by atoms with Crippen LogP contribution in [-0.4, -0.2) is 0 Å². The van der Waals surface area contributed by atoms with E-state index in [0.717, 1.165) is 22.3 Å². The molecule has 1 rings (SSSR count). The van der Waals surface area contributed by atoms with E-state index >= 15 is 0 Å².